The molecule has 3 aliphatic rings. The van der Waals surface area contributed by atoms with E-state index in [-0.39, 0.29) is 50.8 Å². The van der Waals surface area contributed by atoms with Gasteiger partial charge in [-0.3, -0.25) is 4.90 Å². The Morgan fingerprint density at radius 2 is 1.76 bits per heavy atom. The van der Waals surface area contributed by atoms with Gasteiger partial charge in [-0.25, -0.2) is 4.79 Å². The molecular formula is C45H60N2O8. The lowest BCUT2D eigenvalue weighted by Gasteiger charge is -2.59. The van der Waals surface area contributed by atoms with Gasteiger partial charge in [0.2, 0.25) is 5.79 Å². The van der Waals surface area contributed by atoms with Crippen molar-refractivity contribution in [3.05, 3.63) is 109 Å². The van der Waals surface area contributed by atoms with Gasteiger partial charge in [-0.2, -0.15) is 0 Å². The number of carbonyl (C=O) groups excluding carboxylic acids is 1. The zero-order chi connectivity index (χ0) is 39.0. The summed E-state index contributed by atoms with van der Waals surface area (Å²) in [7, 11) is 0. The number of hydrogen-bond acceptors (Lipinski definition) is 9. The van der Waals surface area contributed by atoms with E-state index >= 15 is 0 Å². The maximum absolute atomic E-state index is 14.2. The number of allylic oxidation sites excluding steroid dienone is 1. The molecule has 1 saturated carbocycles. The van der Waals surface area contributed by atoms with Gasteiger partial charge in [0, 0.05) is 37.7 Å². The third-order valence-electron chi connectivity index (χ3n) is 10.9. The summed E-state index contributed by atoms with van der Waals surface area (Å²) in [5.41, 5.74) is 3.70. The van der Waals surface area contributed by atoms with Crippen LogP contribution in [0.2, 0.25) is 0 Å². The molecule has 10 heteroatoms. The van der Waals surface area contributed by atoms with Gasteiger partial charge >= 0.3 is 6.09 Å². The lowest BCUT2D eigenvalue weighted by atomic mass is 9.55. The van der Waals surface area contributed by atoms with Crippen LogP contribution in [0.1, 0.15) is 81.8 Å². The first-order valence-electron chi connectivity index (χ1n) is 20.0. The summed E-state index contributed by atoms with van der Waals surface area (Å²) in [4.78, 5) is 22.1. The normalized spacial score (nSPS) is 24.4. The van der Waals surface area contributed by atoms with Crippen LogP contribution in [0.15, 0.2) is 103 Å². The number of rotatable bonds is 23. The second-order valence-electron chi connectivity index (χ2n) is 14.5. The second-order valence-corrected chi connectivity index (χ2v) is 14.5. The fraction of sp³-hybridized carbons (Fsp3) is 0.511. The fourth-order valence-electron chi connectivity index (χ4n) is 8.58. The summed E-state index contributed by atoms with van der Waals surface area (Å²) in [6.45, 7) is 15.3. The number of ether oxygens (including phenoxy) is 4. The van der Waals surface area contributed by atoms with E-state index in [0.717, 1.165) is 48.1 Å². The van der Waals surface area contributed by atoms with Gasteiger partial charge in [0.15, 0.2) is 0 Å². The zero-order valence-corrected chi connectivity index (χ0v) is 32.5. The van der Waals surface area contributed by atoms with Crippen molar-refractivity contribution in [3.63, 3.8) is 0 Å². The summed E-state index contributed by atoms with van der Waals surface area (Å²) in [6.07, 6.45) is 13.3. The average Bonchev–Trinajstić information content (AvgIpc) is 3.20. The molecule has 0 aromatic heterocycles. The first-order valence-corrected chi connectivity index (χ1v) is 20.0. The van der Waals surface area contributed by atoms with Gasteiger partial charge in [0.25, 0.3) is 0 Å². The van der Waals surface area contributed by atoms with E-state index in [2.05, 4.69) is 31.9 Å². The smallest absolute Gasteiger partial charge is 0.410 e. The van der Waals surface area contributed by atoms with Crippen molar-refractivity contribution in [2.75, 3.05) is 39.6 Å². The Labute approximate surface area is 327 Å². The molecule has 0 saturated heterocycles. The zero-order valence-electron chi connectivity index (χ0n) is 32.5. The molecule has 1 heterocycles. The number of hydrogen-bond donors (Lipinski definition) is 2. The Hall–Kier alpha value is -4.38. The number of fused-ring (bicyclic) bond motifs is 2. The molecule has 55 heavy (non-hydrogen) atoms. The Kier molecular flexibility index (Phi) is 16.0. The summed E-state index contributed by atoms with van der Waals surface area (Å²) in [5.74, 6) is -0.323. The number of oxime groups is 1. The summed E-state index contributed by atoms with van der Waals surface area (Å²) < 4.78 is 26.2. The number of carbonyl (C=O) groups is 1. The largest absolute Gasteiger partial charge is 0.490 e. The molecular weight excluding hydrogens is 697 g/mol. The SMILES string of the molecule is C=CCCOC(=O)N(CCC)[C@H]1CC(=NOCc2ccccc2)C2=C[C@H](CCCCO)[C@@H](CCCCO)[C@@H]3c4cc(OCC=C)ccc4O[C@@]1(OCC=C)[C@H]23. The second kappa shape index (κ2) is 21.1. The standard InChI is InChI=1S/C45H60N2O8/c1-5-9-28-52-44(50)47(23-6-2)41-31-39(46-54-32-33-17-11-10-12-18-33)37-29-34(19-13-15-24-48)36(20-14-16-25-49)42-38-30-35(51-26-7-3)21-22-40(38)55-45(41,43(37)42)53-27-8-4/h5,7-8,10-12,17-18,21-22,29-30,34,36,41-43,48-49H,1,3-4,6,9,13-16,19-20,23-28,31-32H2,2H3/t34-,36+,41-,42+,43+,45+/m0/s1. The molecule has 2 N–H and O–H groups in total. The molecule has 1 aliphatic heterocycles. The van der Waals surface area contributed by atoms with Crippen molar-refractivity contribution in [3.8, 4) is 11.5 Å². The highest BCUT2D eigenvalue weighted by Gasteiger charge is 2.65. The van der Waals surface area contributed by atoms with E-state index in [0.29, 0.717) is 56.8 Å². The van der Waals surface area contributed by atoms with Gasteiger partial charge in [0.1, 0.15) is 30.8 Å². The van der Waals surface area contributed by atoms with Crippen molar-refractivity contribution >= 4 is 11.8 Å². The predicted octanol–water partition coefficient (Wildman–Crippen LogP) is 8.51. The van der Waals surface area contributed by atoms with E-state index in [4.69, 9.17) is 28.9 Å². The molecule has 2 aliphatic carbocycles. The monoisotopic (exact) mass is 756 g/mol. The molecule has 2 aromatic rings. The molecule has 6 atom stereocenters. The fourth-order valence-corrected chi connectivity index (χ4v) is 8.58. The molecule has 1 amide bonds. The Balaban J connectivity index is 1.75. The Morgan fingerprint density at radius 1 is 1.00 bits per heavy atom. The predicted molar refractivity (Wildman–Crippen MR) is 215 cm³/mol. The molecule has 5 rings (SSSR count). The van der Waals surface area contributed by atoms with Crippen LogP contribution >= 0.6 is 0 Å². The number of unbranched alkanes of at least 4 members (excludes halogenated alkanes) is 2. The molecule has 2 aromatic carbocycles. The van der Waals surface area contributed by atoms with Gasteiger partial charge in [0.05, 0.1) is 24.8 Å². The first kappa shape index (κ1) is 41.8. The minimum atomic E-state index is -1.35. The van der Waals surface area contributed by atoms with Crippen LogP contribution in [0.3, 0.4) is 0 Å². The minimum Gasteiger partial charge on any atom is -0.490 e. The lowest BCUT2D eigenvalue weighted by molar-refractivity contribution is -0.255. The van der Waals surface area contributed by atoms with E-state index in [1.165, 1.54) is 0 Å². The highest BCUT2D eigenvalue weighted by atomic mass is 16.7. The molecule has 0 bridgehead atoms. The van der Waals surface area contributed by atoms with Gasteiger partial charge < -0.3 is 34.0 Å². The third kappa shape index (κ3) is 9.90. The van der Waals surface area contributed by atoms with Crippen molar-refractivity contribution in [1.82, 2.24) is 4.90 Å². The van der Waals surface area contributed by atoms with E-state index in [9.17, 15) is 15.0 Å². The van der Waals surface area contributed by atoms with Gasteiger partial charge in [-0.15, -0.1) is 13.2 Å². The molecule has 0 unspecified atom stereocenters. The highest BCUT2D eigenvalue weighted by molar-refractivity contribution is 6.03. The number of aliphatic hydroxyl groups is 2. The molecule has 0 spiro atoms. The molecule has 10 nitrogen and oxygen atoms in total. The average molecular weight is 757 g/mol. The van der Waals surface area contributed by atoms with Crippen molar-refractivity contribution in [1.29, 1.82) is 0 Å². The minimum absolute atomic E-state index is 0.104. The van der Waals surface area contributed by atoms with Crippen LogP contribution in [0, 0.1) is 17.8 Å². The highest BCUT2D eigenvalue weighted by Crippen LogP contribution is 2.62. The number of aliphatic hydroxyl groups excluding tert-OH is 2. The summed E-state index contributed by atoms with van der Waals surface area (Å²) >= 11 is 0. The molecule has 298 valence electrons. The van der Waals surface area contributed by atoms with Gasteiger partial charge in [-0.05, 0) is 79.7 Å². The number of benzene rings is 2. The van der Waals surface area contributed by atoms with Crippen molar-refractivity contribution in [2.45, 2.75) is 89.1 Å². The van der Waals surface area contributed by atoms with Gasteiger partial charge in [-0.1, -0.05) is 86.1 Å². The topological polar surface area (TPSA) is 119 Å². The Bertz CT molecular complexity index is 1630. The van der Waals surface area contributed by atoms with E-state index in [1.54, 1.807) is 23.1 Å². The van der Waals surface area contributed by atoms with Crippen LogP contribution in [-0.2, 0) is 20.9 Å². The number of nitrogens with zero attached hydrogens (tertiary/aromatic N) is 2. The van der Waals surface area contributed by atoms with Crippen LogP contribution in [0.5, 0.6) is 11.5 Å². The van der Waals surface area contributed by atoms with Crippen molar-refractivity contribution in [2.24, 2.45) is 22.9 Å². The maximum atomic E-state index is 14.2. The Morgan fingerprint density at radius 3 is 2.47 bits per heavy atom. The first-order chi connectivity index (χ1) is 27.0. The van der Waals surface area contributed by atoms with E-state index in [1.807, 2.05) is 49.4 Å². The van der Waals surface area contributed by atoms with Crippen LogP contribution in [0.4, 0.5) is 4.79 Å². The maximum Gasteiger partial charge on any atom is 0.410 e. The quantitative estimate of drug-likeness (QED) is 0.0659. The van der Waals surface area contributed by atoms with E-state index < -0.39 is 23.8 Å². The third-order valence-corrected chi connectivity index (χ3v) is 10.9. The molecule has 0 radical (unpaired) electrons. The number of amides is 1. The summed E-state index contributed by atoms with van der Waals surface area (Å²) in [5, 5.41) is 24.6. The van der Waals surface area contributed by atoms with Crippen LogP contribution in [-0.4, -0.2) is 78.3 Å². The van der Waals surface area contributed by atoms with Crippen LogP contribution in [0.25, 0.3) is 0 Å². The summed E-state index contributed by atoms with van der Waals surface area (Å²) in [6, 6.07) is 15.2. The van der Waals surface area contributed by atoms with Crippen LogP contribution < -0.4 is 9.47 Å². The lowest BCUT2D eigenvalue weighted by Crippen LogP contribution is -2.70. The van der Waals surface area contributed by atoms with Crippen molar-refractivity contribution < 1.29 is 38.8 Å². The molecule has 1 fully saturated rings.